The van der Waals surface area contributed by atoms with E-state index in [-0.39, 0.29) is 5.82 Å². The Kier molecular flexibility index (Phi) is 3.21. The van der Waals surface area contributed by atoms with Crippen molar-refractivity contribution in [3.8, 4) is 6.07 Å². The molecule has 1 saturated carbocycles. The first-order valence-electron chi connectivity index (χ1n) is 5.59. The zero-order valence-electron chi connectivity index (χ0n) is 9.33. The molecule has 1 N–H and O–H groups in total. The summed E-state index contributed by atoms with van der Waals surface area (Å²) in [5.41, 5.74) is 1.22. The lowest BCUT2D eigenvalue weighted by Gasteiger charge is -2.04. The van der Waals surface area contributed by atoms with Gasteiger partial charge in [-0.2, -0.15) is 5.26 Å². The van der Waals surface area contributed by atoms with Crippen LogP contribution < -0.4 is 5.32 Å². The van der Waals surface area contributed by atoms with Gasteiger partial charge < -0.3 is 5.32 Å². The van der Waals surface area contributed by atoms with Gasteiger partial charge in [0.2, 0.25) is 0 Å². The maximum atomic E-state index is 13.1. The molecule has 0 amide bonds. The van der Waals surface area contributed by atoms with Crippen LogP contribution in [0.5, 0.6) is 0 Å². The van der Waals surface area contributed by atoms with Crippen molar-refractivity contribution >= 4 is 0 Å². The predicted octanol–water partition coefficient (Wildman–Crippen LogP) is 2.44. The average Bonchev–Trinajstić information content (AvgIpc) is 2.94. The van der Waals surface area contributed by atoms with E-state index in [1.807, 2.05) is 6.07 Å². The van der Waals surface area contributed by atoms with Crippen LogP contribution in [0.15, 0.2) is 18.2 Å². The highest BCUT2D eigenvalue weighted by molar-refractivity contribution is 5.33. The standard InChI is InChI=1S/C13H15FN2/c1-9-2-12(9)8-16-7-11-3-10(6-15)4-13(14)5-11/h3-5,9,12,16H,2,7-8H2,1H3. The van der Waals surface area contributed by atoms with E-state index in [4.69, 9.17) is 5.26 Å². The quantitative estimate of drug-likeness (QED) is 0.842. The van der Waals surface area contributed by atoms with Crippen LogP contribution in [0.4, 0.5) is 4.39 Å². The van der Waals surface area contributed by atoms with Gasteiger partial charge in [-0.15, -0.1) is 0 Å². The normalized spacial score (nSPS) is 22.8. The van der Waals surface area contributed by atoms with Crippen molar-refractivity contribution in [2.45, 2.75) is 19.9 Å². The van der Waals surface area contributed by atoms with Gasteiger partial charge in [0, 0.05) is 6.54 Å². The van der Waals surface area contributed by atoms with Crippen LogP contribution in [-0.4, -0.2) is 6.54 Å². The van der Waals surface area contributed by atoms with Gasteiger partial charge in [0.1, 0.15) is 5.82 Å². The first-order chi connectivity index (χ1) is 7.69. The molecule has 2 nitrogen and oxygen atoms in total. The summed E-state index contributed by atoms with van der Waals surface area (Å²) in [6.45, 7) is 3.86. The molecule has 1 aliphatic rings. The van der Waals surface area contributed by atoms with Gasteiger partial charge in [0.15, 0.2) is 0 Å². The highest BCUT2D eigenvalue weighted by Crippen LogP contribution is 2.36. The number of nitrogens with one attached hydrogen (secondary N) is 1. The molecular weight excluding hydrogens is 203 g/mol. The third kappa shape index (κ3) is 2.80. The highest BCUT2D eigenvalue weighted by atomic mass is 19.1. The van der Waals surface area contributed by atoms with Gasteiger partial charge in [-0.1, -0.05) is 6.92 Å². The Balaban J connectivity index is 1.88. The molecule has 1 aliphatic carbocycles. The van der Waals surface area contributed by atoms with Gasteiger partial charge in [0.25, 0.3) is 0 Å². The van der Waals surface area contributed by atoms with Crippen molar-refractivity contribution < 1.29 is 4.39 Å². The highest BCUT2D eigenvalue weighted by Gasteiger charge is 2.31. The van der Waals surface area contributed by atoms with E-state index in [0.29, 0.717) is 12.1 Å². The maximum Gasteiger partial charge on any atom is 0.124 e. The summed E-state index contributed by atoms with van der Waals surface area (Å²) in [7, 11) is 0. The van der Waals surface area contributed by atoms with Crippen LogP contribution in [0.2, 0.25) is 0 Å². The van der Waals surface area contributed by atoms with E-state index < -0.39 is 0 Å². The van der Waals surface area contributed by atoms with Crippen molar-refractivity contribution in [1.29, 1.82) is 5.26 Å². The fraction of sp³-hybridized carbons (Fsp3) is 0.462. The number of hydrogen-bond donors (Lipinski definition) is 1. The molecule has 16 heavy (non-hydrogen) atoms. The lowest BCUT2D eigenvalue weighted by Crippen LogP contribution is -2.16. The summed E-state index contributed by atoms with van der Waals surface area (Å²) in [6, 6.07) is 6.42. The van der Waals surface area contributed by atoms with E-state index in [1.54, 1.807) is 6.07 Å². The van der Waals surface area contributed by atoms with Crippen molar-refractivity contribution in [1.82, 2.24) is 5.32 Å². The summed E-state index contributed by atoms with van der Waals surface area (Å²) in [6.07, 6.45) is 1.29. The van der Waals surface area contributed by atoms with Gasteiger partial charge in [-0.05, 0) is 48.6 Å². The first kappa shape index (κ1) is 11.1. The molecule has 84 valence electrons. The number of hydrogen-bond acceptors (Lipinski definition) is 2. The molecule has 3 heteroatoms. The molecule has 0 spiro atoms. The Bertz CT molecular complexity index is 422. The molecule has 2 rings (SSSR count). The second-order valence-electron chi connectivity index (χ2n) is 4.56. The number of nitrogens with zero attached hydrogens (tertiary/aromatic N) is 1. The van der Waals surface area contributed by atoms with E-state index in [9.17, 15) is 4.39 Å². The molecule has 0 heterocycles. The monoisotopic (exact) mass is 218 g/mol. The molecule has 0 aliphatic heterocycles. The summed E-state index contributed by atoms with van der Waals surface area (Å²) in [5, 5.41) is 12.0. The molecule has 1 fully saturated rings. The van der Waals surface area contributed by atoms with Crippen molar-refractivity contribution in [2.75, 3.05) is 6.54 Å². The van der Waals surface area contributed by atoms with Crippen LogP contribution in [-0.2, 0) is 6.54 Å². The summed E-state index contributed by atoms with van der Waals surface area (Å²) >= 11 is 0. The molecule has 0 aromatic heterocycles. The Morgan fingerprint density at radius 3 is 2.88 bits per heavy atom. The Morgan fingerprint density at radius 2 is 2.25 bits per heavy atom. The van der Waals surface area contributed by atoms with Gasteiger partial charge >= 0.3 is 0 Å². The summed E-state index contributed by atoms with van der Waals surface area (Å²) in [5.74, 6) is 1.27. The molecule has 2 atom stereocenters. The SMILES string of the molecule is CC1CC1CNCc1cc(F)cc(C#N)c1. The molecular formula is C13H15FN2. The van der Waals surface area contributed by atoms with Gasteiger partial charge in [0.05, 0.1) is 11.6 Å². The van der Waals surface area contributed by atoms with Crippen LogP contribution in [0.25, 0.3) is 0 Å². The third-order valence-corrected chi connectivity index (χ3v) is 3.10. The predicted molar refractivity (Wildman–Crippen MR) is 60.1 cm³/mol. The summed E-state index contributed by atoms with van der Waals surface area (Å²) < 4.78 is 13.1. The molecule has 1 aromatic rings. The minimum atomic E-state index is -0.337. The number of halogens is 1. The second kappa shape index (κ2) is 4.63. The smallest absolute Gasteiger partial charge is 0.124 e. The first-order valence-corrected chi connectivity index (χ1v) is 5.59. The zero-order valence-corrected chi connectivity index (χ0v) is 9.33. The molecule has 0 bridgehead atoms. The number of benzene rings is 1. The van der Waals surface area contributed by atoms with Crippen LogP contribution in [0, 0.1) is 29.0 Å². The lowest BCUT2D eigenvalue weighted by molar-refractivity contribution is 0.600. The second-order valence-corrected chi connectivity index (χ2v) is 4.56. The van der Waals surface area contributed by atoms with Crippen molar-refractivity contribution in [2.24, 2.45) is 11.8 Å². The molecule has 1 aromatic carbocycles. The van der Waals surface area contributed by atoms with E-state index in [1.165, 1.54) is 18.6 Å². The number of nitriles is 1. The van der Waals surface area contributed by atoms with Crippen LogP contribution in [0.3, 0.4) is 0 Å². The maximum absolute atomic E-state index is 13.1. The van der Waals surface area contributed by atoms with Gasteiger partial charge in [-0.3, -0.25) is 0 Å². The van der Waals surface area contributed by atoms with Crippen LogP contribution >= 0.6 is 0 Å². The third-order valence-electron chi connectivity index (χ3n) is 3.10. The largest absolute Gasteiger partial charge is 0.312 e. The van der Waals surface area contributed by atoms with Crippen LogP contribution in [0.1, 0.15) is 24.5 Å². The van der Waals surface area contributed by atoms with Gasteiger partial charge in [-0.25, -0.2) is 4.39 Å². The molecule has 0 radical (unpaired) electrons. The Hall–Kier alpha value is -1.40. The topological polar surface area (TPSA) is 35.8 Å². The lowest BCUT2D eigenvalue weighted by atomic mass is 10.1. The minimum absolute atomic E-state index is 0.337. The van der Waals surface area contributed by atoms with E-state index in [2.05, 4.69) is 12.2 Å². The number of rotatable bonds is 4. The van der Waals surface area contributed by atoms with Crippen molar-refractivity contribution in [3.63, 3.8) is 0 Å². The average molecular weight is 218 g/mol. The van der Waals surface area contributed by atoms with E-state index >= 15 is 0 Å². The molecule has 0 saturated heterocycles. The molecule has 2 unspecified atom stereocenters. The van der Waals surface area contributed by atoms with E-state index in [0.717, 1.165) is 23.9 Å². The Labute approximate surface area is 95.1 Å². The fourth-order valence-corrected chi connectivity index (χ4v) is 1.90. The zero-order chi connectivity index (χ0) is 11.5. The fourth-order valence-electron chi connectivity index (χ4n) is 1.90. The minimum Gasteiger partial charge on any atom is -0.312 e. The Morgan fingerprint density at radius 1 is 1.50 bits per heavy atom. The summed E-state index contributed by atoms with van der Waals surface area (Å²) in [4.78, 5) is 0. The van der Waals surface area contributed by atoms with Crippen molar-refractivity contribution in [3.05, 3.63) is 35.1 Å².